The standard InChI is InChI=1S/C34H38N10O/c1-4-12-40(2)22-27(25-8-6-5-7-9-25)17-32(45)43-15-13-42(14-16-43)31-11-10-26(19-36-31)33-34-28(18-35)20-38-44(34)24-30(39-33)29-21-37-41(3)23-29/h5-11,19-21,23-24,27H,4,12-17,22H2,1-3H3/t27-/m0/s1. The Morgan fingerprint density at radius 2 is 1.80 bits per heavy atom. The van der Waals surface area contributed by atoms with E-state index in [2.05, 4.69) is 64.3 Å². The molecule has 1 amide bonds. The summed E-state index contributed by atoms with van der Waals surface area (Å²) in [6, 6.07) is 16.6. The highest BCUT2D eigenvalue weighted by molar-refractivity contribution is 5.83. The van der Waals surface area contributed by atoms with Crippen molar-refractivity contribution in [2.45, 2.75) is 25.7 Å². The SMILES string of the molecule is CCCN(C)C[C@H](CC(=O)N1CCN(c2ccc(-c3nc(-c4cnn(C)c4)cn4ncc(C#N)c34)cn2)CC1)c1ccccc1. The minimum atomic E-state index is 0.163. The van der Waals surface area contributed by atoms with Crippen LogP contribution in [0, 0.1) is 11.3 Å². The molecule has 11 heteroatoms. The minimum absolute atomic E-state index is 0.163. The van der Waals surface area contributed by atoms with E-state index in [-0.39, 0.29) is 11.8 Å². The summed E-state index contributed by atoms with van der Waals surface area (Å²) < 4.78 is 3.42. The van der Waals surface area contributed by atoms with Gasteiger partial charge in [-0.1, -0.05) is 37.3 Å². The fraction of sp³-hybridized carbons (Fsp3) is 0.353. The Hall–Kier alpha value is -5.08. The van der Waals surface area contributed by atoms with Gasteiger partial charge >= 0.3 is 0 Å². The minimum Gasteiger partial charge on any atom is -0.353 e. The van der Waals surface area contributed by atoms with Crippen LogP contribution in [0.2, 0.25) is 0 Å². The fourth-order valence-corrected chi connectivity index (χ4v) is 6.09. The van der Waals surface area contributed by atoms with E-state index in [4.69, 9.17) is 9.97 Å². The van der Waals surface area contributed by atoms with E-state index < -0.39 is 0 Å². The Bertz CT molecular complexity index is 1800. The van der Waals surface area contributed by atoms with Crippen LogP contribution < -0.4 is 4.90 Å². The molecule has 0 radical (unpaired) electrons. The van der Waals surface area contributed by atoms with Crippen LogP contribution in [0.4, 0.5) is 5.82 Å². The Kier molecular flexibility index (Phi) is 8.84. The van der Waals surface area contributed by atoms with Gasteiger partial charge in [-0.25, -0.2) is 14.5 Å². The molecule has 1 aliphatic rings. The van der Waals surface area contributed by atoms with E-state index >= 15 is 0 Å². The number of carbonyl (C=O) groups excluding carboxylic acids is 1. The van der Waals surface area contributed by atoms with E-state index in [0.29, 0.717) is 55.1 Å². The molecule has 1 saturated heterocycles. The number of rotatable bonds is 10. The molecule has 1 aromatic carbocycles. The van der Waals surface area contributed by atoms with Gasteiger partial charge in [-0.3, -0.25) is 9.48 Å². The molecule has 1 fully saturated rings. The molecule has 0 N–H and O–H groups in total. The smallest absolute Gasteiger partial charge is 0.223 e. The molecule has 5 heterocycles. The quantitative estimate of drug-likeness (QED) is 0.234. The molecule has 230 valence electrons. The maximum absolute atomic E-state index is 13.5. The number of pyridine rings is 1. The van der Waals surface area contributed by atoms with E-state index in [9.17, 15) is 10.1 Å². The molecule has 45 heavy (non-hydrogen) atoms. The second-order valence-corrected chi connectivity index (χ2v) is 11.7. The van der Waals surface area contributed by atoms with Gasteiger partial charge in [-0.05, 0) is 37.7 Å². The van der Waals surface area contributed by atoms with Gasteiger partial charge in [0.2, 0.25) is 5.91 Å². The lowest BCUT2D eigenvalue weighted by atomic mass is 9.94. The van der Waals surface area contributed by atoms with Gasteiger partial charge in [-0.15, -0.1) is 0 Å². The van der Waals surface area contributed by atoms with Crippen molar-refractivity contribution in [1.82, 2.24) is 39.2 Å². The average Bonchev–Trinajstić information content (AvgIpc) is 3.70. The van der Waals surface area contributed by atoms with Crippen molar-refractivity contribution in [2.24, 2.45) is 7.05 Å². The number of aryl methyl sites for hydroxylation is 1. The largest absolute Gasteiger partial charge is 0.353 e. The number of anilines is 1. The maximum Gasteiger partial charge on any atom is 0.223 e. The molecule has 0 bridgehead atoms. The lowest BCUT2D eigenvalue weighted by Crippen LogP contribution is -2.49. The summed E-state index contributed by atoms with van der Waals surface area (Å²) in [5.41, 5.74) is 5.29. The topological polar surface area (TPSA) is 111 Å². The van der Waals surface area contributed by atoms with E-state index in [1.165, 1.54) is 5.56 Å². The first kappa shape index (κ1) is 30.0. The summed E-state index contributed by atoms with van der Waals surface area (Å²) in [4.78, 5) is 29.7. The number of hydrogen-bond acceptors (Lipinski definition) is 8. The number of hydrogen-bond donors (Lipinski definition) is 0. The Morgan fingerprint density at radius 3 is 2.47 bits per heavy atom. The molecule has 1 aliphatic heterocycles. The van der Waals surface area contributed by atoms with Crippen LogP contribution in [-0.2, 0) is 11.8 Å². The summed E-state index contributed by atoms with van der Waals surface area (Å²) in [6.45, 7) is 6.80. The van der Waals surface area contributed by atoms with Crippen molar-refractivity contribution >= 4 is 17.2 Å². The maximum atomic E-state index is 13.5. The van der Waals surface area contributed by atoms with Crippen LogP contribution in [0.15, 0.2) is 73.4 Å². The van der Waals surface area contributed by atoms with Gasteiger partial charge in [0.15, 0.2) is 0 Å². The molecular formula is C34H38N10O. The van der Waals surface area contributed by atoms with Crippen LogP contribution >= 0.6 is 0 Å². The van der Waals surface area contributed by atoms with E-state index in [1.807, 2.05) is 42.5 Å². The number of fused-ring (bicyclic) bond motifs is 1. The summed E-state index contributed by atoms with van der Waals surface area (Å²) in [5, 5.41) is 18.4. The van der Waals surface area contributed by atoms with Crippen molar-refractivity contribution in [3.63, 3.8) is 0 Å². The zero-order valence-electron chi connectivity index (χ0n) is 26.0. The summed E-state index contributed by atoms with van der Waals surface area (Å²) in [6.07, 6.45) is 10.4. The van der Waals surface area contributed by atoms with Gasteiger partial charge in [0.05, 0.1) is 30.0 Å². The first-order chi connectivity index (χ1) is 21.9. The molecule has 6 rings (SSSR count). The molecule has 4 aromatic heterocycles. The predicted octanol–water partition coefficient (Wildman–Crippen LogP) is 4.23. The summed E-state index contributed by atoms with van der Waals surface area (Å²) >= 11 is 0. The summed E-state index contributed by atoms with van der Waals surface area (Å²) in [7, 11) is 3.99. The number of benzene rings is 1. The molecule has 0 saturated carbocycles. The third kappa shape index (κ3) is 6.56. The van der Waals surface area contributed by atoms with Gasteiger partial charge < -0.3 is 14.7 Å². The number of piperazine rings is 1. The van der Waals surface area contributed by atoms with Crippen LogP contribution in [-0.4, -0.2) is 91.4 Å². The second-order valence-electron chi connectivity index (χ2n) is 11.7. The van der Waals surface area contributed by atoms with Crippen molar-refractivity contribution < 1.29 is 4.79 Å². The monoisotopic (exact) mass is 602 g/mol. The van der Waals surface area contributed by atoms with Crippen molar-refractivity contribution in [3.05, 3.63) is 84.6 Å². The first-order valence-corrected chi connectivity index (χ1v) is 15.4. The Labute approximate surface area is 263 Å². The Morgan fingerprint density at radius 1 is 1.00 bits per heavy atom. The number of nitrogens with zero attached hydrogens (tertiary/aromatic N) is 10. The van der Waals surface area contributed by atoms with Crippen LogP contribution in [0.3, 0.4) is 0 Å². The predicted molar refractivity (Wildman–Crippen MR) is 174 cm³/mol. The highest BCUT2D eigenvalue weighted by Crippen LogP contribution is 2.30. The molecular weight excluding hydrogens is 564 g/mol. The van der Waals surface area contributed by atoms with Crippen molar-refractivity contribution in [1.29, 1.82) is 5.26 Å². The fourth-order valence-electron chi connectivity index (χ4n) is 6.09. The van der Waals surface area contributed by atoms with Gasteiger partial charge in [0.1, 0.15) is 23.0 Å². The highest BCUT2D eigenvalue weighted by atomic mass is 16.2. The second kappa shape index (κ2) is 13.3. The van der Waals surface area contributed by atoms with Gasteiger partial charge in [0.25, 0.3) is 0 Å². The Balaban J connectivity index is 1.15. The van der Waals surface area contributed by atoms with Crippen LogP contribution in [0.5, 0.6) is 0 Å². The molecule has 11 nitrogen and oxygen atoms in total. The average molecular weight is 603 g/mol. The van der Waals surface area contributed by atoms with Crippen molar-refractivity contribution in [2.75, 3.05) is 51.2 Å². The van der Waals surface area contributed by atoms with Crippen molar-refractivity contribution in [3.8, 4) is 28.6 Å². The first-order valence-electron chi connectivity index (χ1n) is 15.4. The molecule has 1 atom stereocenters. The van der Waals surface area contributed by atoms with Crippen LogP contribution in [0.1, 0.15) is 36.8 Å². The lowest BCUT2D eigenvalue weighted by Gasteiger charge is -2.36. The lowest BCUT2D eigenvalue weighted by molar-refractivity contribution is -0.132. The zero-order chi connectivity index (χ0) is 31.3. The molecule has 5 aromatic rings. The normalized spacial score (nSPS) is 14.2. The third-order valence-corrected chi connectivity index (χ3v) is 8.42. The number of carbonyl (C=O) groups is 1. The van der Waals surface area contributed by atoms with Gasteiger partial charge in [0, 0.05) is 75.6 Å². The highest BCUT2D eigenvalue weighted by Gasteiger charge is 2.26. The van der Waals surface area contributed by atoms with E-state index in [0.717, 1.165) is 36.5 Å². The third-order valence-electron chi connectivity index (χ3n) is 8.42. The van der Waals surface area contributed by atoms with Gasteiger partial charge in [-0.2, -0.15) is 15.5 Å². The number of likely N-dealkylation sites (N-methyl/N-ethyl adjacent to an activating group) is 1. The number of nitriles is 1. The molecule has 0 aliphatic carbocycles. The zero-order valence-corrected chi connectivity index (χ0v) is 26.0. The van der Waals surface area contributed by atoms with E-state index in [1.54, 1.807) is 27.8 Å². The number of aromatic nitrogens is 6. The molecule has 0 unspecified atom stereocenters. The number of amides is 1. The summed E-state index contributed by atoms with van der Waals surface area (Å²) in [5.74, 6) is 1.22. The molecule has 0 spiro atoms. The van der Waals surface area contributed by atoms with Crippen LogP contribution in [0.25, 0.3) is 28.0 Å².